The summed E-state index contributed by atoms with van der Waals surface area (Å²) >= 11 is 0. The summed E-state index contributed by atoms with van der Waals surface area (Å²) in [7, 11) is 1.78. The number of nitrogens with zero attached hydrogens (tertiary/aromatic N) is 2. The third kappa shape index (κ3) is 9.79. The predicted molar refractivity (Wildman–Crippen MR) is 144 cm³/mol. The monoisotopic (exact) mass is 560 g/mol. The third-order valence-electron chi connectivity index (χ3n) is 4.97. The van der Waals surface area contributed by atoms with Crippen LogP contribution in [0.2, 0.25) is 0 Å². The summed E-state index contributed by atoms with van der Waals surface area (Å²) in [6, 6.07) is 24.1. The number of hydrogen-bond donors (Lipinski definition) is 2. The summed E-state index contributed by atoms with van der Waals surface area (Å²) in [6.07, 6.45) is 2.77. The van der Waals surface area contributed by atoms with Gasteiger partial charge in [0.25, 0.3) is 0 Å². The van der Waals surface area contributed by atoms with Crippen LogP contribution in [0.3, 0.4) is 0 Å². The summed E-state index contributed by atoms with van der Waals surface area (Å²) in [5, 5.41) is 6.67. The van der Waals surface area contributed by atoms with Crippen molar-refractivity contribution in [1.29, 1.82) is 0 Å². The van der Waals surface area contributed by atoms with Crippen LogP contribution < -0.4 is 15.4 Å². The average molecular weight is 560 g/mol. The van der Waals surface area contributed by atoms with E-state index in [2.05, 4.69) is 39.7 Å². The second-order valence-corrected chi connectivity index (χ2v) is 7.38. The van der Waals surface area contributed by atoms with Gasteiger partial charge in [-0.25, -0.2) is 0 Å². The zero-order valence-corrected chi connectivity index (χ0v) is 21.6. The van der Waals surface area contributed by atoms with Crippen molar-refractivity contribution in [2.24, 2.45) is 4.99 Å². The minimum atomic E-state index is 0. The van der Waals surface area contributed by atoms with Crippen LogP contribution in [0.1, 0.15) is 36.3 Å². The smallest absolute Gasteiger partial charge is 0.191 e. The number of pyridine rings is 1. The van der Waals surface area contributed by atoms with E-state index in [1.807, 2.05) is 60.7 Å². The molecule has 0 aliphatic rings. The van der Waals surface area contributed by atoms with E-state index < -0.39 is 0 Å². The highest BCUT2D eigenvalue weighted by atomic mass is 127. The maximum absolute atomic E-state index is 5.92. The lowest BCUT2D eigenvalue weighted by Crippen LogP contribution is -2.37. The molecule has 1 atom stereocenters. The number of hydrogen-bond acceptors (Lipinski definition) is 4. The number of halogens is 1. The molecule has 0 saturated heterocycles. The topological polar surface area (TPSA) is 67.8 Å². The van der Waals surface area contributed by atoms with Crippen LogP contribution in [0, 0.1) is 0 Å². The first-order valence-electron chi connectivity index (χ1n) is 11.0. The molecule has 2 N–H and O–H groups in total. The highest BCUT2D eigenvalue weighted by Crippen LogP contribution is 2.16. The van der Waals surface area contributed by atoms with Gasteiger partial charge in [-0.1, -0.05) is 48.5 Å². The molecule has 6 nitrogen and oxygen atoms in total. The van der Waals surface area contributed by atoms with Gasteiger partial charge >= 0.3 is 0 Å². The van der Waals surface area contributed by atoms with Crippen molar-refractivity contribution in [2.45, 2.75) is 32.6 Å². The van der Waals surface area contributed by atoms with Gasteiger partial charge in [0.2, 0.25) is 0 Å². The van der Waals surface area contributed by atoms with E-state index in [4.69, 9.17) is 9.47 Å². The van der Waals surface area contributed by atoms with Crippen LogP contribution >= 0.6 is 24.0 Å². The molecular formula is C26H33IN4O2. The molecule has 1 heterocycles. The second kappa shape index (κ2) is 15.2. The highest BCUT2D eigenvalue weighted by Gasteiger charge is 2.05. The normalized spacial score (nSPS) is 11.9. The lowest BCUT2D eigenvalue weighted by atomic mass is 10.1. The Labute approximate surface area is 213 Å². The second-order valence-electron chi connectivity index (χ2n) is 7.38. The van der Waals surface area contributed by atoms with Crippen LogP contribution in [0.15, 0.2) is 84.0 Å². The lowest BCUT2D eigenvalue weighted by molar-refractivity contribution is 0.0646. The van der Waals surface area contributed by atoms with Gasteiger partial charge in [-0.05, 0) is 48.7 Å². The largest absolute Gasteiger partial charge is 0.487 e. The van der Waals surface area contributed by atoms with Crippen molar-refractivity contribution in [2.75, 3.05) is 20.2 Å². The van der Waals surface area contributed by atoms with Crippen LogP contribution in [0.25, 0.3) is 0 Å². The molecule has 176 valence electrons. The van der Waals surface area contributed by atoms with Gasteiger partial charge in [0, 0.05) is 32.9 Å². The Bertz CT molecular complexity index is 938. The van der Waals surface area contributed by atoms with E-state index in [1.54, 1.807) is 13.2 Å². The fourth-order valence-electron chi connectivity index (χ4n) is 3.11. The molecule has 0 fully saturated rings. The standard InChI is InChI=1S/C26H32N4O2.HI/c1-21(23-9-4-3-5-10-23)31-18-8-17-29-26(27-2)30-19-22-12-14-25(15-13-22)32-20-24-11-6-7-16-28-24;/h3-7,9-16,21H,8,17-20H2,1-2H3,(H2,27,29,30);1H. The molecule has 7 heteroatoms. The maximum Gasteiger partial charge on any atom is 0.191 e. The quantitative estimate of drug-likeness (QED) is 0.148. The van der Waals surface area contributed by atoms with E-state index in [1.165, 1.54) is 5.56 Å². The zero-order valence-electron chi connectivity index (χ0n) is 19.2. The van der Waals surface area contributed by atoms with Crippen molar-refractivity contribution >= 4 is 29.9 Å². The van der Waals surface area contributed by atoms with Crippen molar-refractivity contribution < 1.29 is 9.47 Å². The molecule has 0 aliphatic carbocycles. The van der Waals surface area contributed by atoms with Crippen molar-refractivity contribution in [3.8, 4) is 5.75 Å². The first-order valence-corrected chi connectivity index (χ1v) is 11.0. The Kier molecular flexibility index (Phi) is 12.3. The summed E-state index contributed by atoms with van der Waals surface area (Å²) in [6.45, 7) is 4.71. The van der Waals surface area contributed by atoms with Gasteiger partial charge in [0.05, 0.1) is 11.8 Å². The van der Waals surface area contributed by atoms with Crippen LogP contribution in [0.4, 0.5) is 0 Å². The molecule has 33 heavy (non-hydrogen) atoms. The Morgan fingerprint density at radius 1 is 0.970 bits per heavy atom. The Morgan fingerprint density at radius 2 is 1.73 bits per heavy atom. The Hall–Kier alpha value is -2.65. The van der Waals surface area contributed by atoms with Gasteiger partial charge in [-0.15, -0.1) is 24.0 Å². The molecule has 0 saturated carbocycles. The number of guanidine groups is 1. The minimum Gasteiger partial charge on any atom is -0.487 e. The van der Waals surface area contributed by atoms with Crippen molar-refractivity contribution in [3.05, 3.63) is 95.8 Å². The predicted octanol–water partition coefficient (Wildman–Crippen LogP) is 5.11. The molecule has 3 rings (SSSR count). The highest BCUT2D eigenvalue weighted by molar-refractivity contribution is 14.0. The van der Waals surface area contributed by atoms with Crippen LogP contribution in [-0.4, -0.2) is 31.1 Å². The summed E-state index contributed by atoms with van der Waals surface area (Å²) in [5.74, 6) is 1.60. The minimum absolute atomic E-state index is 0. The van der Waals surface area contributed by atoms with Gasteiger partial charge < -0.3 is 20.1 Å². The molecule has 0 radical (unpaired) electrons. The summed E-state index contributed by atoms with van der Waals surface area (Å²) < 4.78 is 11.7. The number of aromatic nitrogens is 1. The molecule has 0 amide bonds. The van der Waals surface area contributed by atoms with Gasteiger partial charge in [-0.3, -0.25) is 9.98 Å². The number of aliphatic imine (C=N–C) groups is 1. The maximum atomic E-state index is 5.92. The van der Waals surface area contributed by atoms with Crippen molar-refractivity contribution in [1.82, 2.24) is 15.6 Å². The molecule has 0 spiro atoms. The number of ether oxygens (including phenoxy) is 2. The van der Waals surface area contributed by atoms with Crippen molar-refractivity contribution in [3.63, 3.8) is 0 Å². The van der Waals surface area contributed by atoms with E-state index >= 15 is 0 Å². The molecule has 1 unspecified atom stereocenters. The molecule has 0 bridgehead atoms. The first-order chi connectivity index (χ1) is 15.7. The van der Waals surface area contributed by atoms with Crippen LogP contribution in [0.5, 0.6) is 5.75 Å². The molecule has 0 aliphatic heterocycles. The number of rotatable bonds is 11. The zero-order chi connectivity index (χ0) is 22.4. The average Bonchev–Trinajstić information content (AvgIpc) is 2.86. The number of nitrogens with one attached hydrogen (secondary N) is 2. The molecule has 2 aromatic carbocycles. The number of benzene rings is 2. The lowest BCUT2D eigenvalue weighted by Gasteiger charge is -2.15. The Morgan fingerprint density at radius 3 is 2.42 bits per heavy atom. The fourth-order valence-corrected chi connectivity index (χ4v) is 3.11. The summed E-state index contributed by atoms with van der Waals surface area (Å²) in [5.41, 5.74) is 3.26. The fraction of sp³-hybridized carbons (Fsp3) is 0.308. The third-order valence-corrected chi connectivity index (χ3v) is 4.97. The first kappa shape index (κ1) is 26.6. The molecule has 3 aromatic rings. The Balaban J connectivity index is 0.00000385. The van der Waals surface area contributed by atoms with Gasteiger partial charge in [-0.2, -0.15) is 0 Å². The van der Waals surface area contributed by atoms with E-state index in [0.717, 1.165) is 35.9 Å². The van der Waals surface area contributed by atoms with Gasteiger partial charge in [0.15, 0.2) is 5.96 Å². The van der Waals surface area contributed by atoms with E-state index in [-0.39, 0.29) is 30.1 Å². The van der Waals surface area contributed by atoms with Crippen LogP contribution in [-0.2, 0) is 17.9 Å². The summed E-state index contributed by atoms with van der Waals surface area (Å²) in [4.78, 5) is 8.55. The molecular weight excluding hydrogens is 527 g/mol. The van der Waals surface area contributed by atoms with Gasteiger partial charge in [0.1, 0.15) is 12.4 Å². The SMILES string of the molecule is CN=C(NCCCOC(C)c1ccccc1)NCc1ccc(OCc2ccccn2)cc1.I. The van der Waals surface area contributed by atoms with E-state index in [9.17, 15) is 0 Å². The molecule has 1 aromatic heterocycles. The van der Waals surface area contributed by atoms with E-state index in [0.29, 0.717) is 19.8 Å².